The van der Waals surface area contributed by atoms with Gasteiger partial charge >= 0.3 is 0 Å². The minimum Gasteiger partial charge on any atom is -0.493 e. The number of guanidine groups is 1. The van der Waals surface area contributed by atoms with E-state index in [1.165, 1.54) is 0 Å². The van der Waals surface area contributed by atoms with Gasteiger partial charge in [0.1, 0.15) is 0 Å². The molecular formula is C23H33N7O2. The van der Waals surface area contributed by atoms with Crippen LogP contribution in [0, 0.1) is 11.3 Å². The van der Waals surface area contributed by atoms with E-state index >= 15 is 0 Å². The topological polar surface area (TPSA) is 112 Å². The maximum absolute atomic E-state index is 9.07. The minimum absolute atomic E-state index is 0. The van der Waals surface area contributed by atoms with Crippen LogP contribution in [0.2, 0.25) is 0 Å². The standard InChI is InChI=1S/C23H31N7O2.H2/c1-5-18(12-24)10-16(2)17(3)27-23(25)28-19-11-21(31-4)22(26-13-19)30-8-6-29(7-9-30)20-14-32-15-20;/h5,10-11,13,20H,6-9,14-15H2,1-4H3,(H2,25,28);1H/b16-10+,18-5-,27-17+;. The molecule has 0 amide bonds. The fourth-order valence-electron chi connectivity index (χ4n) is 3.54. The SMILES string of the molecule is C/C=C(C#N)/C=C(C)/C(C)=N/C(N)=Nc1cnc(N2CCN(C3COC3)CC2)c(OC)c1.[HH]. The highest BCUT2D eigenvalue weighted by Crippen LogP contribution is 2.30. The Labute approximate surface area is 191 Å². The van der Waals surface area contributed by atoms with Gasteiger partial charge in [0.2, 0.25) is 5.96 Å². The van der Waals surface area contributed by atoms with Crippen LogP contribution in [-0.4, -0.2) is 74.1 Å². The van der Waals surface area contributed by atoms with Gasteiger partial charge in [-0.15, -0.1) is 0 Å². The van der Waals surface area contributed by atoms with Gasteiger partial charge in [-0.05, 0) is 32.4 Å². The van der Waals surface area contributed by atoms with Crippen LogP contribution in [0.4, 0.5) is 11.5 Å². The molecule has 0 aromatic carbocycles. The summed E-state index contributed by atoms with van der Waals surface area (Å²) in [5.41, 5.74) is 8.70. The van der Waals surface area contributed by atoms with Crippen molar-refractivity contribution in [2.75, 3.05) is 51.4 Å². The highest BCUT2D eigenvalue weighted by Gasteiger charge is 2.29. The predicted octanol–water partition coefficient (Wildman–Crippen LogP) is 2.68. The van der Waals surface area contributed by atoms with Crippen LogP contribution in [0.15, 0.2) is 45.5 Å². The summed E-state index contributed by atoms with van der Waals surface area (Å²) in [6.45, 7) is 10.9. The highest BCUT2D eigenvalue weighted by molar-refractivity contribution is 6.05. The first-order valence-electron chi connectivity index (χ1n) is 10.7. The summed E-state index contributed by atoms with van der Waals surface area (Å²) in [6, 6.07) is 4.50. The van der Waals surface area contributed by atoms with Crippen molar-refractivity contribution in [3.05, 3.63) is 35.6 Å². The molecule has 0 saturated carbocycles. The van der Waals surface area contributed by atoms with Crippen LogP contribution in [0.5, 0.6) is 5.75 Å². The summed E-state index contributed by atoms with van der Waals surface area (Å²) in [4.78, 5) is 18.0. The lowest BCUT2D eigenvalue weighted by atomic mass is 10.1. The quantitative estimate of drug-likeness (QED) is 0.314. The zero-order valence-corrected chi connectivity index (χ0v) is 19.2. The fourth-order valence-corrected chi connectivity index (χ4v) is 3.54. The molecule has 32 heavy (non-hydrogen) atoms. The minimum atomic E-state index is 0. The number of methoxy groups -OCH3 is 1. The number of piperazine rings is 1. The predicted molar refractivity (Wildman–Crippen MR) is 129 cm³/mol. The van der Waals surface area contributed by atoms with E-state index in [2.05, 4.69) is 30.8 Å². The van der Waals surface area contributed by atoms with Crippen molar-refractivity contribution >= 4 is 23.2 Å². The van der Waals surface area contributed by atoms with Crippen molar-refractivity contribution < 1.29 is 10.9 Å². The highest BCUT2D eigenvalue weighted by atomic mass is 16.5. The Bertz CT molecular complexity index is 985. The smallest absolute Gasteiger partial charge is 0.220 e. The summed E-state index contributed by atoms with van der Waals surface area (Å²) >= 11 is 0. The van der Waals surface area contributed by atoms with Crippen molar-refractivity contribution in [1.82, 2.24) is 9.88 Å². The van der Waals surface area contributed by atoms with Crippen LogP contribution >= 0.6 is 0 Å². The van der Waals surface area contributed by atoms with Gasteiger partial charge in [0.25, 0.3) is 0 Å². The molecule has 3 heterocycles. The van der Waals surface area contributed by atoms with Gasteiger partial charge in [0.05, 0.1) is 44.3 Å². The van der Waals surface area contributed by atoms with E-state index in [0.29, 0.717) is 28.8 Å². The number of hydrogen-bond donors (Lipinski definition) is 1. The van der Waals surface area contributed by atoms with Crippen LogP contribution in [0.3, 0.4) is 0 Å². The van der Waals surface area contributed by atoms with Gasteiger partial charge in [-0.3, -0.25) is 4.90 Å². The van der Waals surface area contributed by atoms with Crippen molar-refractivity contribution in [3.8, 4) is 11.8 Å². The molecule has 2 fully saturated rings. The number of hydrogen-bond acceptors (Lipinski definition) is 7. The number of anilines is 1. The maximum atomic E-state index is 9.07. The summed E-state index contributed by atoms with van der Waals surface area (Å²) in [7, 11) is 1.63. The van der Waals surface area contributed by atoms with Gasteiger partial charge in [0.15, 0.2) is 11.6 Å². The molecule has 9 nitrogen and oxygen atoms in total. The third-order valence-electron chi connectivity index (χ3n) is 5.70. The Kier molecular flexibility index (Phi) is 7.98. The number of nitrogens with two attached hydrogens (primary N) is 1. The van der Waals surface area contributed by atoms with Gasteiger partial charge < -0.3 is 20.1 Å². The monoisotopic (exact) mass is 439 g/mol. The average Bonchev–Trinajstić information content (AvgIpc) is 2.76. The maximum Gasteiger partial charge on any atom is 0.220 e. The number of ether oxygens (including phenoxy) is 2. The summed E-state index contributed by atoms with van der Waals surface area (Å²) < 4.78 is 10.9. The van der Waals surface area contributed by atoms with Crippen LogP contribution in [0.25, 0.3) is 0 Å². The molecule has 0 bridgehead atoms. The van der Waals surface area contributed by atoms with E-state index in [1.54, 1.807) is 25.5 Å². The zero-order chi connectivity index (χ0) is 23.1. The van der Waals surface area contributed by atoms with Gasteiger partial charge in [-0.25, -0.2) is 15.0 Å². The summed E-state index contributed by atoms with van der Waals surface area (Å²) in [5, 5.41) is 9.07. The second-order valence-electron chi connectivity index (χ2n) is 7.78. The molecule has 2 N–H and O–H groups in total. The van der Waals surface area contributed by atoms with Gasteiger partial charge in [-0.2, -0.15) is 5.26 Å². The number of aliphatic imine (C=N–C) groups is 2. The largest absolute Gasteiger partial charge is 0.493 e. The normalized spacial score (nSPS) is 19.5. The zero-order valence-electron chi connectivity index (χ0n) is 19.2. The summed E-state index contributed by atoms with van der Waals surface area (Å²) in [6.07, 6.45) is 5.19. The molecule has 172 valence electrons. The fraction of sp³-hybridized carbons (Fsp3) is 0.478. The molecule has 9 heteroatoms. The second-order valence-corrected chi connectivity index (χ2v) is 7.78. The van der Waals surface area contributed by atoms with Crippen molar-refractivity contribution in [3.63, 3.8) is 0 Å². The van der Waals surface area contributed by atoms with E-state index in [4.69, 9.17) is 20.5 Å². The van der Waals surface area contributed by atoms with Gasteiger partial charge in [-0.1, -0.05) is 6.08 Å². The van der Waals surface area contributed by atoms with Gasteiger partial charge in [0, 0.05) is 45.0 Å². The number of nitriles is 1. The van der Waals surface area contributed by atoms with Crippen LogP contribution in [0.1, 0.15) is 22.2 Å². The van der Waals surface area contributed by atoms with E-state index in [0.717, 1.165) is 50.8 Å². The molecule has 0 aliphatic carbocycles. The number of nitrogens with zero attached hydrogens (tertiary/aromatic N) is 6. The Morgan fingerprint density at radius 3 is 2.62 bits per heavy atom. The molecule has 3 rings (SSSR count). The number of allylic oxidation sites excluding steroid dienone is 4. The van der Waals surface area contributed by atoms with E-state index in [-0.39, 0.29) is 7.39 Å². The Hall–Kier alpha value is -3.22. The van der Waals surface area contributed by atoms with E-state index < -0.39 is 0 Å². The second kappa shape index (κ2) is 10.9. The molecule has 0 atom stereocenters. The molecule has 1 aromatic rings. The van der Waals surface area contributed by atoms with Crippen LogP contribution < -0.4 is 15.4 Å². The average molecular weight is 440 g/mol. The first-order chi connectivity index (χ1) is 15.4. The van der Waals surface area contributed by atoms with Crippen LogP contribution in [-0.2, 0) is 4.74 Å². The third kappa shape index (κ3) is 5.72. The molecule has 0 radical (unpaired) electrons. The lowest BCUT2D eigenvalue weighted by molar-refractivity contribution is -0.0661. The molecular weight excluding hydrogens is 406 g/mol. The number of aromatic nitrogens is 1. The number of rotatable bonds is 6. The first-order valence-corrected chi connectivity index (χ1v) is 10.7. The Morgan fingerprint density at radius 2 is 2.06 bits per heavy atom. The van der Waals surface area contributed by atoms with Crippen molar-refractivity contribution in [1.29, 1.82) is 5.26 Å². The lowest BCUT2D eigenvalue weighted by Gasteiger charge is -2.43. The molecule has 0 unspecified atom stereocenters. The Balaban J connectivity index is 0.00000385. The molecule has 2 aliphatic rings. The molecule has 0 spiro atoms. The molecule has 2 saturated heterocycles. The molecule has 2 aliphatic heterocycles. The lowest BCUT2D eigenvalue weighted by Crippen LogP contribution is -2.56. The molecule has 1 aromatic heterocycles. The first kappa shape index (κ1) is 23.4. The summed E-state index contributed by atoms with van der Waals surface area (Å²) in [5.74, 6) is 1.58. The van der Waals surface area contributed by atoms with Crippen molar-refractivity contribution in [2.24, 2.45) is 15.7 Å². The van der Waals surface area contributed by atoms with Crippen molar-refractivity contribution in [2.45, 2.75) is 26.8 Å². The Morgan fingerprint density at radius 1 is 1.34 bits per heavy atom. The van der Waals surface area contributed by atoms with E-state index in [9.17, 15) is 0 Å². The number of pyridine rings is 1. The van der Waals surface area contributed by atoms with E-state index in [1.807, 2.05) is 26.8 Å². The third-order valence-corrected chi connectivity index (χ3v) is 5.70.